The van der Waals surface area contributed by atoms with Gasteiger partial charge in [-0.25, -0.2) is 15.0 Å². The van der Waals surface area contributed by atoms with Crippen LogP contribution in [0.1, 0.15) is 0 Å². The third-order valence-corrected chi connectivity index (χ3v) is 3.79. The number of ether oxygens (including phenoxy) is 2. The monoisotopic (exact) mass is 328 g/mol. The van der Waals surface area contributed by atoms with Crippen molar-refractivity contribution in [2.45, 2.75) is 5.16 Å². The second kappa shape index (κ2) is 6.70. The number of nitrogens with one attached hydrogen (secondary N) is 1. The summed E-state index contributed by atoms with van der Waals surface area (Å²) in [5, 5.41) is 4.84. The predicted octanol–water partition coefficient (Wildman–Crippen LogP) is 3.51. The highest BCUT2D eigenvalue weighted by atomic mass is 32.2. The molecule has 0 saturated heterocycles. The minimum absolute atomic E-state index is 0.657. The molecule has 0 amide bonds. The van der Waals surface area contributed by atoms with Gasteiger partial charge in [0.2, 0.25) is 0 Å². The Bertz CT molecular complexity index is 819. The molecule has 23 heavy (non-hydrogen) atoms. The van der Waals surface area contributed by atoms with Crippen LogP contribution in [0.25, 0.3) is 11.0 Å². The summed E-state index contributed by atoms with van der Waals surface area (Å²) in [6.07, 6.45) is 3.71. The zero-order valence-corrected chi connectivity index (χ0v) is 13.8. The molecule has 0 bridgehead atoms. The lowest BCUT2D eigenvalue weighted by Crippen LogP contribution is -1.97. The van der Waals surface area contributed by atoms with Gasteiger partial charge in [0.25, 0.3) is 0 Å². The van der Waals surface area contributed by atoms with Gasteiger partial charge in [-0.3, -0.25) is 0 Å². The predicted molar refractivity (Wildman–Crippen MR) is 91.9 cm³/mol. The fourth-order valence-corrected chi connectivity index (χ4v) is 2.43. The molecule has 0 spiro atoms. The standard InChI is InChI=1S/C16H16N4O2S/c1-21-12-6-11(7-13(8-12)22-2)18-14-5-4-10-9-17-16(23-3)20-15(10)19-14/h4-9H,1-3H3,(H,17,18,19,20). The van der Waals surface area contributed by atoms with Crippen LogP contribution in [-0.2, 0) is 0 Å². The number of methoxy groups -OCH3 is 2. The molecule has 6 nitrogen and oxygen atoms in total. The summed E-state index contributed by atoms with van der Waals surface area (Å²) in [4.78, 5) is 13.2. The van der Waals surface area contributed by atoms with Crippen LogP contribution in [0.3, 0.4) is 0 Å². The van der Waals surface area contributed by atoms with Crippen LogP contribution in [-0.4, -0.2) is 35.4 Å². The Balaban J connectivity index is 1.94. The minimum Gasteiger partial charge on any atom is -0.497 e. The van der Waals surface area contributed by atoms with Crippen molar-refractivity contribution in [1.29, 1.82) is 0 Å². The maximum Gasteiger partial charge on any atom is 0.189 e. The molecule has 1 aromatic carbocycles. The first-order chi connectivity index (χ1) is 11.2. The van der Waals surface area contributed by atoms with Crippen molar-refractivity contribution < 1.29 is 9.47 Å². The van der Waals surface area contributed by atoms with Crippen molar-refractivity contribution in [1.82, 2.24) is 15.0 Å². The van der Waals surface area contributed by atoms with Gasteiger partial charge in [-0.2, -0.15) is 0 Å². The quantitative estimate of drug-likeness (QED) is 0.568. The van der Waals surface area contributed by atoms with Crippen LogP contribution in [0, 0.1) is 0 Å². The van der Waals surface area contributed by atoms with Gasteiger partial charge in [0, 0.05) is 35.5 Å². The number of hydrogen-bond donors (Lipinski definition) is 1. The Morgan fingerprint density at radius 2 is 1.74 bits per heavy atom. The zero-order chi connectivity index (χ0) is 16.2. The van der Waals surface area contributed by atoms with E-state index >= 15 is 0 Å². The van der Waals surface area contributed by atoms with Crippen LogP contribution in [0.15, 0.2) is 41.7 Å². The number of hydrogen-bond acceptors (Lipinski definition) is 7. The van der Waals surface area contributed by atoms with Crippen LogP contribution < -0.4 is 14.8 Å². The first kappa shape index (κ1) is 15.4. The van der Waals surface area contributed by atoms with E-state index in [0.717, 1.165) is 11.1 Å². The topological polar surface area (TPSA) is 69.2 Å². The lowest BCUT2D eigenvalue weighted by Gasteiger charge is -2.10. The second-order valence-corrected chi connectivity index (χ2v) is 5.47. The molecule has 1 N–H and O–H groups in total. The molecule has 0 aliphatic rings. The first-order valence-electron chi connectivity index (χ1n) is 6.89. The van der Waals surface area contributed by atoms with Crippen molar-refractivity contribution in [2.75, 3.05) is 25.8 Å². The normalized spacial score (nSPS) is 10.6. The van der Waals surface area contributed by atoms with Crippen LogP contribution in [0.5, 0.6) is 11.5 Å². The van der Waals surface area contributed by atoms with Crippen molar-refractivity contribution in [3.8, 4) is 11.5 Å². The second-order valence-electron chi connectivity index (χ2n) is 4.69. The fourth-order valence-electron chi connectivity index (χ4n) is 2.09. The molecule has 3 rings (SSSR count). The summed E-state index contributed by atoms with van der Waals surface area (Å²) in [6, 6.07) is 9.39. The summed E-state index contributed by atoms with van der Waals surface area (Å²) in [5.41, 5.74) is 1.48. The van der Waals surface area contributed by atoms with Crippen LogP contribution >= 0.6 is 11.8 Å². The van der Waals surface area contributed by atoms with Crippen molar-refractivity contribution in [2.24, 2.45) is 0 Å². The number of benzene rings is 1. The number of fused-ring (bicyclic) bond motifs is 1. The van der Waals surface area contributed by atoms with Gasteiger partial charge < -0.3 is 14.8 Å². The van der Waals surface area contributed by atoms with Crippen LogP contribution in [0.2, 0.25) is 0 Å². The van der Waals surface area contributed by atoms with Crippen molar-refractivity contribution in [3.05, 3.63) is 36.5 Å². The zero-order valence-electron chi connectivity index (χ0n) is 13.0. The largest absolute Gasteiger partial charge is 0.497 e. The third kappa shape index (κ3) is 3.45. The van der Waals surface area contributed by atoms with E-state index in [-0.39, 0.29) is 0 Å². The molecule has 0 unspecified atom stereocenters. The molecule has 0 aliphatic heterocycles. The van der Waals surface area contributed by atoms with Crippen molar-refractivity contribution in [3.63, 3.8) is 0 Å². The smallest absolute Gasteiger partial charge is 0.189 e. The van der Waals surface area contributed by atoms with Gasteiger partial charge in [-0.05, 0) is 18.4 Å². The molecule has 0 atom stereocenters. The van der Waals surface area contributed by atoms with Gasteiger partial charge in [-0.1, -0.05) is 11.8 Å². The molecular weight excluding hydrogens is 312 g/mol. The first-order valence-corrected chi connectivity index (χ1v) is 8.12. The fraction of sp³-hybridized carbons (Fsp3) is 0.188. The van der Waals surface area contributed by atoms with E-state index < -0.39 is 0 Å². The highest BCUT2D eigenvalue weighted by molar-refractivity contribution is 7.98. The maximum atomic E-state index is 5.27. The number of thioether (sulfide) groups is 1. The van der Waals surface area contributed by atoms with E-state index in [9.17, 15) is 0 Å². The number of nitrogens with zero attached hydrogens (tertiary/aromatic N) is 3. The van der Waals surface area contributed by atoms with E-state index in [2.05, 4.69) is 20.3 Å². The summed E-state index contributed by atoms with van der Waals surface area (Å²) in [7, 11) is 3.24. The van der Waals surface area contributed by atoms with Gasteiger partial charge >= 0.3 is 0 Å². The Kier molecular flexibility index (Phi) is 4.47. The molecule has 0 saturated carbocycles. The molecule has 2 heterocycles. The summed E-state index contributed by atoms with van der Waals surface area (Å²) < 4.78 is 10.5. The molecule has 118 valence electrons. The maximum absolute atomic E-state index is 5.27. The lowest BCUT2D eigenvalue weighted by atomic mass is 10.2. The summed E-state index contributed by atoms with van der Waals surface area (Å²) in [5.74, 6) is 2.11. The van der Waals surface area contributed by atoms with E-state index in [1.165, 1.54) is 11.8 Å². The minimum atomic E-state index is 0.657. The highest BCUT2D eigenvalue weighted by Gasteiger charge is 2.05. The third-order valence-electron chi connectivity index (χ3n) is 3.23. The van der Waals surface area contributed by atoms with E-state index in [0.29, 0.717) is 28.1 Å². The summed E-state index contributed by atoms with van der Waals surface area (Å²) >= 11 is 1.49. The average molecular weight is 328 g/mol. The lowest BCUT2D eigenvalue weighted by molar-refractivity contribution is 0.395. The van der Waals surface area contributed by atoms with E-state index in [1.54, 1.807) is 20.4 Å². The molecule has 2 aromatic heterocycles. The average Bonchev–Trinajstić information content (AvgIpc) is 2.60. The number of rotatable bonds is 5. The number of aromatic nitrogens is 3. The van der Waals surface area contributed by atoms with Gasteiger partial charge in [0.15, 0.2) is 10.8 Å². The number of pyridine rings is 1. The van der Waals surface area contributed by atoms with Crippen LogP contribution in [0.4, 0.5) is 11.5 Å². The molecular formula is C16H16N4O2S. The van der Waals surface area contributed by atoms with Gasteiger partial charge in [-0.15, -0.1) is 0 Å². The molecule has 0 radical (unpaired) electrons. The molecule has 0 aliphatic carbocycles. The Hall–Kier alpha value is -2.54. The Morgan fingerprint density at radius 1 is 1.00 bits per heavy atom. The summed E-state index contributed by atoms with van der Waals surface area (Å²) in [6.45, 7) is 0. The highest BCUT2D eigenvalue weighted by Crippen LogP contribution is 2.28. The SMILES string of the molecule is COc1cc(Nc2ccc3cnc(SC)nc3n2)cc(OC)c1. The van der Waals surface area contributed by atoms with Gasteiger partial charge in [0.1, 0.15) is 17.3 Å². The molecule has 3 aromatic rings. The molecule has 7 heteroatoms. The Labute approximate surface area is 138 Å². The van der Waals surface area contributed by atoms with Gasteiger partial charge in [0.05, 0.1) is 14.2 Å². The van der Waals surface area contributed by atoms with E-state index in [4.69, 9.17) is 9.47 Å². The Morgan fingerprint density at radius 3 is 2.39 bits per heavy atom. The van der Waals surface area contributed by atoms with E-state index in [1.807, 2.05) is 36.6 Å². The number of anilines is 2. The van der Waals surface area contributed by atoms with Crippen molar-refractivity contribution >= 4 is 34.3 Å². The molecule has 0 fully saturated rings.